The molecule has 1 aliphatic heterocycles. The third kappa shape index (κ3) is 3.88. The molecule has 2 aliphatic rings. The van der Waals surface area contributed by atoms with Crippen molar-refractivity contribution in [3.05, 3.63) is 0 Å². The second kappa shape index (κ2) is 7.51. The number of urea groups is 1. The van der Waals surface area contributed by atoms with Crippen molar-refractivity contribution in [2.24, 2.45) is 11.7 Å². The molecule has 7 nitrogen and oxygen atoms in total. The number of hydrogen-bond acceptors (Lipinski definition) is 4. The zero-order valence-corrected chi connectivity index (χ0v) is 15.0. The number of nitrogens with two attached hydrogens (primary N) is 1. The molecule has 0 aromatic carbocycles. The van der Waals surface area contributed by atoms with Gasteiger partial charge in [0.2, 0.25) is 5.91 Å². The summed E-state index contributed by atoms with van der Waals surface area (Å²) in [6.07, 6.45) is 4.98. The third-order valence-electron chi connectivity index (χ3n) is 5.33. The van der Waals surface area contributed by atoms with Crippen LogP contribution in [0.15, 0.2) is 0 Å². The molecular weight excluding hydrogens is 308 g/mol. The minimum absolute atomic E-state index is 0.0301. The topological polar surface area (TPSA) is 95.7 Å². The van der Waals surface area contributed by atoms with Crippen molar-refractivity contribution in [1.82, 2.24) is 15.1 Å². The lowest BCUT2D eigenvalue weighted by molar-refractivity contribution is -0.139. The molecule has 24 heavy (non-hydrogen) atoms. The molecule has 2 fully saturated rings. The molecule has 7 heteroatoms. The molecule has 136 valence electrons. The van der Waals surface area contributed by atoms with Crippen molar-refractivity contribution in [2.75, 3.05) is 20.1 Å². The van der Waals surface area contributed by atoms with E-state index >= 15 is 0 Å². The zero-order valence-electron chi connectivity index (χ0n) is 15.0. The summed E-state index contributed by atoms with van der Waals surface area (Å²) in [6, 6.07) is -0.412. The highest BCUT2D eigenvalue weighted by atomic mass is 16.2. The maximum atomic E-state index is 12.7. The number of hydrogen-bond donors (Lipinski definition) is 2. The smallest absolute Gasteiger partial charge is 0.325 e. The fourth-order valence-electron chi connectivity index (χ4n) is 3.37. The number of carbonyl (C=O) groups is 3. The number of imide groups is 1. The number of nitrogens with one attached hydrogen (secondary N) is 1. The van der Waals surface area contributed by atoms with Crippen molar-refractivity contribution in [2.45, 2.75) is 64.0 Å². The lowest BCUT2D eigenvalue weighted by atomic mass is 9.82. The van der Waals surface area contributed by atoms with Crippen LogP contribution < -0.4 is 11.1 Å². The van der Waals surface area contributed by atoms with E-state index in [1.807, 2.05) is 13.8 Å². The second-order valence-electron chi connectivity index (χ2n) is 7.48. The zero-order chi connectivity index (χ0) is 17.9. The van der Waals surface area contributed by atoms with E-state index in [9.17, 15) is 14.4 Å². The maximum absolute atomic E-state index is 12.7. The van der Waals surface area contributed by atoms with Crippen molar-refractivity contribution in [3.63, 3.8) is 0 Å². The van der Waals surface area contributed by atoms with E-state index in [1.54, 1.807) is 11.9 Å². The number of amides is 4. The molecule has 0 aromatic heterocycles. The van der Waals surface area contributed by atoms with Gasteiger partial charge in [-0.05, 0) is 25.2 Å². The monoisotopic (exact) mass is 338 g/mol. The average Bonchev–Trinajstić information content (AvgIpc) is 2.76. The Hall–Kier alpha value is -1.63. The van der Waals surface area contributed by atoms with Crippen LogP contribution in [0.2, 0.25) is 0 Å². The van der Waals surface area contributed by atoms with Crippen molar-refractivity contribution in [3.8, 4) is 0 Å². The molecule has 3 N–H and O–H groups in total. The minimum Gasteiger partial charge on any atom is -0.344 e. The third-order valence-corrected chi connectivity index (χ3v) is 5.33. The summed E-state index contributed by atoms with van der Waals surface area (Å²) in [5.74, 6) is -0.124. The number of carbonyl (C=O) groups excluding carboxylic acids is 3. The lowest BCUT2D eigenvalue weighted by Gasteiger charge is -2.30. The van der Waals surface area contributed by atoms with E-state index in [4.69, 9.17) is 5.73 Å². The van der Waals surface area contributed by atoms with Crippen LogP contribution in [0, 0.1) is 5.92 Å². The van der Waals surface area contributed by atoms with Crippen LogP contribution in [0.3, 0.4) is 0 Å². The largest absolute Gasteiger partial charge is 0.344 e. The molecule has 0 aromatic rings. The van der Waals surface area contributed by atoms with Gasteiger partial charge in [-0.2, -0.15) is 0 Å². The van der Waals surface area contributed by atoms with Gasteiger partial charge in [0.1, 0.15) is 12.1 Å². The molecule has 4 amide bonds. The van der Waals surface area contributed by atoms with Gasteiger partial charge in [-0.3, -0.25) is 14.5 Å². The Bertz CT molecular complexity index is 500. The SMILES string of the molecule is CC(C)C(N)CCN(C)C(=O)CN1C(=O)NC2(CCCCC2)C1=O. The average molecular weight is 338 g/mol. The molecule has 1 heterocycles. The highest BCUT2D eigenvalue weighted by molar-refractivity contribution is 6.09. The van der Waals surface area contributed by atoms with E-state index in [2.05, 4.69) is 5.32 Å². The molecule has 1 atom stereocenters. The van der Waals surface area contributed by atoms with Gasteiger partial charge in [-0.15, -0.1) is 0 Å². The maximum Gasteiger partial charge on any atom is 0.325 e. The van der Waals surface area contributed by atoms with Gasteiger partial charge in [-0.25, -0.2) is 4.79 Å². The first-order chi connectivity index (χ1) is 11.3. The standard InChI is InChI=1S/C17H30N4O3/c1-12(2)13(18)7-10-20(3)14(22)11-21-15(23)17(19-16(21)24)8-5-4-6-9-17/h12-13H,4-11,18H2,1-3H3,(H,19,24). The van der Waals surface area contributed by atoms with E-state index in [0.717, 1.165) is 24.2 Å². The molecule has 1 saturated carbocycles. The summed E-state index contributed by atoms with van der Waals surface area (Å²) in [7, 11) is 1.68. The van der Waals surface area contributed by atoms with Crippen LogP contribution in [0.25, 0.3) is 0 Å². The summed E-state index contributed by atoms with van der Waals surface area (Å²) >= 11 is 0. The quantitative estimate of drug-likeness (QED) is 0.708. The van der Waals surface area contributed by atoms with E-state index in [1.165, 1.54) is 0 Å². The van der Waals surface area contributed by atoms with Crippen molar-refractivity contribution < 1.29 is 14.4 Å². The first-order valence-corrected chi connectivity index (χ1v) is 8.90. The molecular formula is C17H30N4O3. The fraction of sp³-hybridized carbons (Fsp3) is 0.824. The Morgan fingerprint density at radius 1 is 1.29 bits per heavy atom. The van der Waals surface area contributed by atoms with Gasteiger partial charge in [0.05, 0.1) is 0 Å². The first-order valence-electron chi connectivity index (χ1n) is 8.90. The van der Waals surface area contributed by atoms with Crippen LogP contribution in [0.1, 0.15) is 52.4 Å². The van der Waals surface area contributed by atoms with E-state index in [0.29, 0.717) is 31.7 Å². The van der Waals surface area contributed by atoms with Crippen molar-refractivity contribution in [1.29, 1.82) is 0 Å². The minimum atomic E-state index is -0.770. The van der Waals surface area contributed by atoms with Crippen molar-refractivity contribution >= 4 is 17.8 Å². The highest BCUT2D eigenvalue weighted by Crippen LogP contribution is 2.33. The molecule has 1 aliphatic carbocycles. The summed E-state index contributed by atoms with van der Waals surface area (Å²) in [5, 5.41) is 2.83. The number of rotatable bonds is 6. The summed E-state index contributed by atoms with van der Waals surface area (Å²) in [6.45, 7) is 4.42. The predicted molar refractivity (Wildman–Crippen MR) is 91.1 cm³/mol. The molecule has 1 unspecified atom stereocenters. The second-order valence-corrected chi connectivity index (χ2v) is 7.48. The highest BCUT2D eigenvalue weighted by Gasteiger charge is 2.51. The number of nitrogens with zero attached hydrogens (tertiary/aromatic N) is 2. The first kappa shape index (κ1) is 18.7. The normalized spacial score (nSPS) is 21.3. The van der Waals surface area contributed by atoms with Gasteiger partial charge >= 0.3 is 6.03 Å². The Morgan fingerprint density at radius 2 is 1.92 bits per heavy atom. The molecule has 0 bridgehead atoms. The Kier molecular flexibility index (Phi) is 5.85. The van der Waals surface area contributed by atoms with Gasteiger partial charge in [0, 0.05) is 19.6 Å². The van der Waals surface area contributed by atoms with Crippen LogP contribution in [-0.2, 0) is 9.59 Å². The fourth-order valence-corrected chi connectivity index (χ4v) is 3.37. The Labute approximate surface area is 143 Å². The van der Waals surface area contributed by atoms with Crippen LogP contribution in [0.5, 0.6) is 0 Å². The van der Waals surface area contributed by atoms with Gasteiger partial charge in [0.25, 0.3) is 5.91 Å². The van der Waals surface area contributed by atoms with Gasteiger partial charge in [0.15, 0.2) is 0 Å². The van der Waals surface area contributed by atoms with Crippen LogP contribution >= 0.6 is 0 Å². The summed E-state index contributed by atoms with van der Waals surface area (Å²) in [5.41, 5.74) is 5.23. The predicted octanol–water partition coefficient (Wildman–Crippen LogP) is 1.07. The molecule has 0 radical (unpaired) electrons. The van der Waals surface area contributed by atoms with E-state index < -0.39 is 11.6 Å². The molecule has 2 rings (SSSR count). The van der Waals surface area contributed by atoms with Gasteiger partial charge in [-0.1, -0.05) is 33.1 Å². The number of likely N-dealkylation sites (N-methyl/N-ethyl adjacent to an activating group) is 1. The summed E-state index contributed by atoms with van der Waals surface area (Å²) in [4.78, 5) is 39.8. The molecule has 1 saturated heterocycles. The lowest BCUT2D eigenvalue weighted by Crippen LogP contribution is -2.49. The van der Waals surface area contributed by atoms with Gasteiger partial charge < -0.3 is 16.0 Å². The van der Waals surface area contributed by atoms with E-state index in [-0.39, 0.29) is 24.4 Å². The van der Waals surface area contributed by atoms with Crippen LogP contribution in [-0.4, -0.2) is 59.4 Å². The Balaban J connectivity index is 1.91. The van der Waals surface area contributed by atoms with Crippen LogP contribution in [0.4, 0.5) is 4.79 Å². The summed E-state index contributed by atoms with van der Waals surface area (Å²) < 4.78 is 0. The Morgan fingerprint density at radius 3 is 2.50 bits per heavy atom. The molecule has 1 spiro atoms.